The van der Waals surface area contributed by atoms with Crippen LogP contribution in [0.5, 0.6) is 0 Å². The third-order valence-corrected chi connectivity index (χ3v) is 5.17. The molecule has 0 spiro atoms. The molecule has 0 aromatic carbocycles. The molecule has 1 aromatic rings. The van der Waals surface area contributed by atoms with Crippen molar-refractivity contribution in [3.8, 4) is 0 Å². The normalized spacial score (nSPS) is 22.1. The molecule has 0 radical (unpaired) electrons. The van der Waals surface area contributed by atoms with Crippen molar-refractivity contribution in [3.05, 3.63) is 24.2 Å². The average molecular weight is 362 g/mol. The van der Waals surface area contributed by atoms with Crippen LogP contribution in [0.3, 0.4) is 0 Å². The molecule has 142 valence electrons. The van der Waals surface area contributed by atoms with Gasteiger partial charge in [0, 0.05) is 26.1 Å². The number of likely N-dealkylation sites (tertiary alicyclic amines) is 1. The molecule has 8 nitrogen and oxygen atoms in total. The van der Waals surface area contributed by atoms with Gasteiger partial charge in [-0.25, -0.2) is 0 Å². The van der Waals surface area contributed by atoms with Crippen molar-refractivity contribution in [2.24, 2.45) is 5.92 Å². The Labute approximate surface area is 152 Å². The SMILES string of the molecule is CNC(=O)C[C@H]1C(=O)NCCN1C(=O)C1CCN(Cc2ccco2)CC1. The van der Waals surface area contributed by atoms with Gasteiger partial charge in [0.25, 0.3) is 0 Å². The topological polar surface area (TPSA) is 94.9 Å². The van der Waals surface area contributed by atoms with Gasteiger partial charge in [-0.3, -0.25) is 19.3 Å². The minimum Gasteiger partial charge on any atom is -0.468 e. The van der Waals surface area contributed by atoms with Gasteiger partial charge in [-0.15, -0.1) is 0 Å². The fourth-order valence-electron chi connectivity index (χ4n) is 3.65. The highest BCUT2D eigenvalue weighted by atomic mass is 16.3. The van der Waals surface area contributed by atoms with Crippen molar-refractivity contribution in [2.45, 2.75) is 31.8 Å². The van der Waals surface area contributed by atoms with E-state index in [0.717, 1.165) is 38.2 Å². The molecule has 1 atom stereocenters. The summed E-state index contributed by atoms with van der Waals surface area (Å²) in [6, 6.07) is 3.12. The molecule has 3 amide bonds. The zero-order valence-electron chi connectivity index (χ0n) is 15.1. The first-order valence-corrected chi connectivity index (χ1v) is 9.12. The lowest BCUT2D eigenvalue weighted by atomic mass is 9.93. The Morgan fingerprint density at radius 1 is 1.31 bits per heavy atom. The van der Waals surface area contributed by atoms with Crippen LogP contribution < -0.4 is 10.6 Å². The van der Waals surface area contributed by atoms with Gasteiger partial charge in [-0.1, -0.05) is 0 Å². The van der Waals surface area contributed by atoms with E-state index in [0.29, 0.717) is 13.1 Å². The number of nitrogens with zero attached hydrogens (tertiary/aromatic N) is 2. The summed E-state index contributed by atoms with van der Waals surface area (Å²) in [7, 11) is 1.53. The minimum atomic E-state index is -0.711. The van der Waals surface area contributed by atoms with Crippen molar-refractivity contribution in [1.82, 2.24) is 20.4 Å². The van der Waals surface area contributed by atoms with Crippen LogP contribution in [-0.2, 0) is 20.9 Å². The molecule has 8 heteroatoms. The molecule has 0 bridgehead atoms. The van der Waals surface area contributed by atoms with Gasteiger partial charge in [0.05, 0.1) is 19.2 Å². The van der Waals surface area contributed by atoms with E-state index in [1.54, 1.807) is 11.2 Å². The van der Waals surface area contributed by atoms with Gasteiger partial charge in [0.15, 0.2) is 0 Å². The van der Waals surface area contributed by atoms with Crippen LogP contribution in [0, 0.1) is 5.92 Å². The minimum absolute atomic E-state index is 0.00537. The van der Waals surface area contributed by atoms with E-state index in [-0.39, 0.29) is 30.1 Å². The number of hydrogen-bond acceptors (Lipinski definition) is 5. The van der Waals surface area contributed by atoms with Crippen LogP contribution in [0.25, 0.3) is 0 Å². The van der Waals surface area contributed by atoms with E-state index < -0.39 is 6.04 Å². The largest absolute Gasteiger partial charge is 0.468 e. The lowest BCUT2D eigenvalue weighted by Gasteiger charge is -2.39. The zero-order chi connectivity index (χ0) is 18.5. The number of carbonyl (C=O) groups excluding carboxylic acids is 3. The van der Waals surface area contributed by atoms with Gasteiger partial charge in [0.2, 0.25) is 17.7 Å². The smallest absolute Gasteiger partial charge is 0.243 e. The standard InChI is InChI=1S/C18H26N4O4/c1-19-16(23)11-15-17(24)20-6-9-22(15)18(25)13-4-7-21(8-5-13)12-14-3-2-10-26-14/h2-3,10,13,15H,4-9,11-12H2,1H3,(H,19,23)(H,20,24)/t15-/m0/s1. The summed E-state index contributed by atoms with van der Waals surface area (Å²) >= 11 is 0. The van der Waals surface area contributed by atoms with Gasteiger partial charge >= 0.3 is 0 Å². The number of furan rings is 1. The molecule has 0 saturated carbocycles. The highest BCUT2D eigenvalue weighted by Crippen LogP contribution is 2.23. The molecule has 2 aliphatic rings. The van der Waals surface area contributed by atoms with Crippen molar-refractivity contribution in [3.63, 3.8) is 0 Å². The molecule has 2 aliphatic heterocycles. The number of carbonyl (C=O) groups is 3. The van der Waals surface area contributed by atoms with Crippen molar-refractivity contribution < 1.29 is 18.8 Å². The second-order valence-corrected chi connectivity index (χ2v) is 6.85. The van der Waals surface area contributed by atoms with Crippen molar-refractivity contribution in [1.29, 1.82) is 0 Å². The third kappa shape index (κ3) is 4.24. The summed E-state index contributed by atoms with van der Waals surface area (Å²) in [6.07, 6.45) is 3.18. The number of piperazine rings is 1. The fraction of sp³-hybridized carbons (Fsp3) is 0.611. The quantitative estimate of drug-likeness (QED) is 0.766. The first-order chi connectivity index (χ1) is 12.6. The number of nitrogens with one attached hydrogen (secondary N) is 2. The first-order valence-electron chi connectivity index (χ1n) is 9.12. The van der Waals surface area contributed by atoms with Gasteiger partial charge in [-0.05, 0) is 38.1 Å². The maximum absolute atomic E-state index is 13.0. The molecule has 3 heterocycles. The lowest BCUT2D eigenvalue weighted by Crippen LogP contribution is -2.59. The van der Waals surface area contributed by atoms with E-state index in [1.165, 1.54) is 7.05 Å². The van der Waals surface area contributed by atoms with E-state index in [1.807, 2.05) is 12.1 Å². The molecule has 2 saturated heterocycles. The molecule has 2 N–H and O–H groups in total. The van der Waals surface area contributed by atoms with E-state index in [2.05, 4.69) is 15.5 Å². The number of hydrogen-bond donors (Lipinski definition) is 2. The molecule has 26 heavy (non-hydrogen) atoms. The maximum Gasteiger partial charge on any atom is 0.243 e. The summed E-state index contributed by atoms with van der Waals surface area (Å²) in [5.74, 6) is 0.335. The average Bonchev–Trinajstić information content (AvgIpc) is 3.16. The second kappa shape index (κ2) is 8.35. The Morgan fingerprint density at radius 3 is 2.73 bits per heavy atom. The van der Waals surface area contributed by atoms with E-state index in [4.69, 9.17) is 4.42 Å². The predicted octanol–water partition coefficient (Wildman–Crippen LogP) is -0.0453. The van der Waals surface area contributed by atoms with Crippen molar-refractivity contribution >= 4 is 17.7 Å². The lowest BCUT2D eigenvalue weighted by molar-refractivity contribution is -0.148. The summed E-state index contributed by atoms with van der Waals surface area (Å²) in [5, 5.41) is 5.28. The van der Waals surface area contributed by atoms with Crippen LogP contribution >= 0.6 is 0 Å². The number of rotatable bonds is 5. The first kappa shape index (κ1) is 18.4. The summed E-state index contributed by atoms with van der Waals surface area (Å²) in [6.45, 7) is 3.28. The Bertz CT molecular complexity index is 638. The monoisotopic (exact) mass is 362 g/mol. The second-order valence-electron chi connectivity index (χ2n) is 6.85. The Hall–Kier alpha value is -2.35. The highest BCUT2D eigenvalue weighted by Gasteiger charge is 2.38. The van der Waals surface area contributed by atoms with Gasteiger partial charge < -0.3 is 20.0 Å². The van der Waals surface area contributed by atoms with Crippen LogP contribution in [0.1, 0.15) is 25.0 Å². The zero-order valence-corrected chi connectivity index (χ0v) is 15.1. The highest BCUT2D eigenvalue weighted by molar-refractivity contribution is 5.93. The van der Waals surface area contributed by atoms with E-state index >= 15 is 0 Å². The molecular weight excluding hydrogens is 336 g/mol. The Kier molecular flexibility index (Phi) is 5.92. The Balaban J connectivity index is 1.57. The third-order valence-electron chi connectivity index (χ3n) is 5.17. The predicted molar refractivity (Wildman–Crippen MR) is 93.9 cm³/mol. The van der Waals surface area contributed by atoms with Crippen molar-refractivity contribution in [2.75, 3.05) is 33.2 Å². The molecular formula is C18H26N4O4. The fourth-order valence-corrected chi connectivity index (χ4v) is 3.65. The van der Waals surface area contributed by atoms with Crippen LogP contribution in [0.15, 0.2) is 22.8 Å². The Morgan fingerprint density at radius 2 is 2.08 bits per heavy atom. The number of amides is 3. The summed E-state index contributed by atoms with van der Waals surface area (Å²) in [4.78, 5) is 40.7. The van der Waals surface area contributed by atoms with Gasteiger partial charge in [-0.2, -0.15) is 0 Å². The summed E-state index contributed by atoms with van der Waals surface area (Å²) < 4.78 is 5.38. The maximum atomic E-state index is 13.0. The summed E-state index contributed by atoms with van der Waals surface area (Å²) in [5.41, 5.74) is 0. The van der Waals surface area contributed by atoms with Gasteiger partial charge in [0.1, 0.15) is 11.8 Å². The molecule has 2 fully saturated rings. The van der Waals surface area contributed by atoms with Crippen LogP contribution in [0.4, 0.5) is 0 Å². The number of piperidine rings is 1. The molecule has 0 unspecified atom stereocenters. The van der Waals surface area contributed by atoms with Crippen LogP contribution in [-0.4, -0.2) is 66.8 Å². The molecule has 0 aliphatic carbocycles. The molecule has 3 rings (SSSR count). The van der Waals surface area contributed by atoms with Crippen LogP contribution in [0.2, 0.25) is 0 Å². The molecule has 1 aromatic heterocycles. The van der Waals surface area contributed by atoms with E-state index in [9.17, 15) is 14.4 Å².